The Morgan fingerprint density at radius 2 is 2.06 bits per heavy atom. The lowest BCUT2D eigenvalue weighted by molar-refractivity contribution is 0.141. The number of benzene rings is 1. The second-order valence-corrected chi connectivity index (χ2v) is 3.78. The molecule has 7 nitrogen and oxygen atoms in total. The molecule has 2 rings (SSSR count). The lowest BCUT2D eigenvalue weighted by atomic mass is 10.1. The van der Waals surface area contributed by atoms with E-state index in [0.29, 0.717) is 13.0 Å². The monoisotopic (exact) mass is 237 g/mol. The van der Waals surface area contributed by atoms with Crippen LogP contribution in [0.5, 0.6) is 0 Å². The molecule has 1 heterocycles. The van der Waals surface area contributed by atoms with Gasteiger partial charge in [0.2, 0.25) is 0 Å². The van der Waals surface area contributed by atoms with Crippen LogP contribution in [-0.2, 0) is 11.2 Å². The first-order chi connectivity index (χ1) is 8.24. The van der Waals surface area contributed by atoms with Gasteiger partial charge in [0.05, 0.1) is 6.04 Å². The fraction of sp³-hybridized carbons (Fsp3) is 0.300. The van der Waals surface area contributed by atoms with Gasteiger partial charge in [0.1, 0.15) is 6.61 Å². The highest BCUT2D eigenvalue weighted by atomic mass is 16.6. The number of ether oxygens (including phenoxy) is 1. The van der Waals surface area contributed by atoms with Crippen molar-refractivity contribution in [2.24, 2.45) is 11.7 Å². The van der Waals surface area contributed by atoms with Crippen LogP contribution >= 0.6 is 0 Å². The number of nitrogens with one attached hydrogen (secondary N) is 2. The van der Waals surface area contributed by atoms with E-state index in [9.17, 15) is 4.79 Å². The summed E-state index contributed by atoms with van der Waals surface area (Å²) in [6.45, 7) is 0.333. The van der Waals surface area contributed by atoms with Gasteiger partial charge in [-0.3, -0.25) is 11.7 Å². The average Bonchev–Trinajstić information content (AvgIpc) is 2.71. The summed E-state index contributed by atoms with van der Waals surface area (Å²) in [5.41, 5.74) is 6.80. The molecule has 0 aromatic heterocycles. The first-order valence-electron chi connectivity index (χ1n) is 5.22. The van der Waals surface area contributed by atoms with Crippen molar-refractivity contribution in [2.75, 3.05) is 12.0 Å². The number of hydrogen-bond donors (Lipinski definition) is 4. The average molecular weight is 237 g/mol. The molecule has 17 heavy (non-hydrogen) atoms. The molecule has 92 valence electrons. The lowest BCUT2D eigenvalue weighted by Gasteiger charge is -2.19. The molecule has 7 heteroatoms. The third kappa shape index (κ3) is 2.47. The van der Waals surface area contributed by atoms with Crippen LogP contribution in [0.2, 0.25) is 0 Å². The predicted octanol–water partition coefficient (Wildman–Crippen LogP) is -0.286. The van der Waals surface area contributed by atoms with Gasteiger partial charge >= 0.3 is 6.09 Å². The molecule has 1 amide bonds. The smallest absolute Gasteiger partial charge is 0.425 e. The van der Waals surface area contributed by atoms with E-state index in [1.165, 1.54) is 5.01 Å². The molecule has 0 spiro atoms. The number of anilines is 1. The SMILES string of the molecule is NNc1ccc(C[C@H]2COC(=O)N2NN)cc1. The second kappa shape index (κ2) is 5.00. The summed E-state index contributed by atoms with van der Waals surface area (Å²) in [7, 11) is 0. The number of hydrazine groups is 3. The first-order valence-corrected chi connectivity index (χ1v) is 5.22. The van der Waals surface area contributed by atoms with Crippen molar-refractivity contribution in [3.05, 3.63) is 29.8 Å². The maximum Gasteiger partial charge on any atom is 0.425 e. The van der Waals surface area contributed by atoms with E-state index in [0.717, 1.165) is 11.3 Å². The number of cyclic esters (lactones) is 1. The quantitative estimate of drug-likeness (QED) is 0.424. The van der Waals surface area contributed by atoms with Crippen molar-refractivity contribution in [2.45, 2.75) is 12.5 Å². The van der Waals surface area contributed by atoms with E-state index in [1.54, 1.807) is 0 Å². The second-order valence-electron chi connectivity index (χ2n) is 3.78. The van der Waals surface area contributed by atoms with Gasteiger partial charge in [-0.2, -0.15) is 5.53 Å². The molecule has 1 atom stereocenters. The maximum atomic E-state index is 11.2. The number of nitrogens with two attached hydrogens (primary N) is 2. The number of hydrogen-bond acceptors (Lipinski definition) is 6. The Bertz CT molecular complexity index is 394. The molecule has 1 aliphatic heterocycles. The summed E-state index contributed by atoms with van der Waals surface area (Å²) < 4.78 is 4.90. The summed E-state index contributed by atoms with van der Waals surface area (Å²) in [4.78, 5) is 11.2. The molecule has 1 aromatic carbocycles. The van der Waals surface area contributed by atoms with Crippen LogP contribution < -0.4 is 22.6 Å². The molecular weight excluding hydrogens is 222 g/mol. The van der Waals surface area contributed by atoms with Crippen molar-refractivity contribution in [1.82, 2.24) is 10.5 Å². The molecule has 1 saturated heterocycles. The number of nitrogens with zero attached hydrogens (tertiary/aromatic N) is 1. The van der Waals surface area contributed by atoms with Gasteiger partial charge in [-0.1, -0.05) is 12.1 Å². The number of nitrogen functional groups attached to an aromatic ring is 1. The van der Waals surface area contributed by atoms with Gasteiger partial charge in [-0.05, 0) is 24.1 Å². The summed E-state index contributed by atoms with van der Waals surface area (Å²) in [5, 5.41) is 1.29. The topological polar surface area (TPSA) is 106 Å². The lowest BCUT2D eigenvalue weighted by Crippen LogP contribution is -2.49. The van der Waals surface area contributed by atoms with Gasteiger partial charge < -0.3 is 10.2 Å². The first kappa shape index (κ1) is 11.6. The maximum absolute atomic E-state index is 11.2. The van der Waals surface area contributed by atoms with Crippen molar-refractivity contribution >= 4 is 11.8 Å². The Morgan fingerprint density at radius 3 is 2.65 bits per heavy atom. The minimum Gasteiger partial charge on any atom is -0.446 e. The largest absolute Gasteiger partial charge is 0.446 e. The van der Waals surface area contributed by atoms with Crippen molar-refractivity contribution < 1.29 is 9.53 Å². The van der Waals surface area contributed by atoms with Crippen LogP contribution in [0.4, 0.5) is 10.5 Å². The van der Waals surface area contributed by atoms with Crippen molar-refractivity contribution in [3.63, 3.8) is 0 Å². The van der Waals surface area contributed by atoms with E-state index in [4.69, 9.17) is 16.4 Å². The summed E-state index contributed by atoms with van der Waals surface area (Å²) in [6.07, 6.45) is 0.221. The van der Waals surface area contributed by atoms with Crippen molar-refractivity contribution in [3.8, 4) is 0 Å². The standard InChI is InChI=1S/C10H15N5O2/c11-13-8-3-1-7(2-4-8)5-9-6-17-10(16)15(9)14-12/h1-4,9,13-14H,5-6,11-12H2/t9-/m0/s1. The van der Waals surface area contributed by atoms with E-state index < -0.39 is 6.09 Å². The van der Waals surface area contributed by atoms with E-state index in [2.05, 4.69) is 11.0 Å². The minimum absolute atomic E-state index is 0.0933. The summed E-state index contributed by atoms with van der Waals surface area (Å²) in [5.74, 6) is 10.5. The van der Waals surface area contributed by atoms with Crippen molar-refractivity contribution in [1.29, 1.82) is 0 Å². The van der Waals surface area contributed by atoms with Crippen LogP contribution in [0, 0.1) is 0 Å². The van der Waals surface area contributed by atoms with E-state index in [-0.39, 0.29) is 6.04 Å². The van der Waals surface area contributed by atoms with E-state index >= 15 is 0 Å². The van der Waals surface area contributed by atoms with Crippen LogP contribution in [0.1, 0.15) is 5.56 Å². The zero-order chi connectivity index (χ0) is 12.3. The third-order valence-corrected chi connectivity index (χ3v) is 2.69. The fourth-order valence-corrected chi connectivity index (χ4v) is 1.78. The van der Waals surface area contributed by atoms with Gasteiger partial charge in [-0.25, -0.2) is 9.80 Å². The van der Waals surface area contributed by atoms with Crippen LogP contribution in [-0.4, -0.2) is 23.8 Å². The minimum atomic E-state index is -0.447. The normalized spacial score (nSPS) is 19.3. The molecular formula is C10H15N5O2. The molecule has 0 aliphatic carbocycles. The zero-order valence-corrected chi connectivity index (χ0v) is 9.22. The predicted molar refractivity (Wildman–Crippen MR) is 62.3 cm³/mol. The van der Waals surface area contributed by atoms with Crippen LogP contribution in [0.15, 0.2) is 24.3 Å². The molecule has 0 unspecified atom stereocenters. The van der Waals surface area contributed by atoms with Crippen LogP contribution in [0.3, 0.4) is 0 Å². The number of rotatable bonds is 4. The Balaban J connectivity index is 2.02. The summed E-state index contributed by atoms with van der Waals surface area (Å²) in [6, 6.07) is 7.52. The highest BCUT2D eigenvalue weighted by Gasteiger charge is 2.32. The van der Waals surface area contributed by atoms with Gasteiger partial charge in [0, 0.05) is 5.69 Å². The van der Waals surface area contributed by atoms with Gasteiger partial charge in [-0.15, -0.1) is 0 Å². The van der Waals surface area contributed by atoms with Gasteiger partial charge in [0.25, 0.3) is 0 Å². The van der Waals surface area contributed by atoms with E-state index in [1.807, 2.05) is 24.3 Å². The highest BCUT2D eigenvalue weighted by Crippen LogP contribution is 2.16. The molecule has 1 aromatic rings. The molecule has 1 fully saturated rings. The molecule has 0 saturated carbocycles. The zero-order valence-electron chi connectivity index (χ0n) is 9.22. The molecule has 1 aliphatic rings. The Morgan fingerprint density at radius 1 is 1.35 bits per heavy atom. The number of carbonyl (C=O) groups is 1. The van der Waals surface area contributed by atoms with Crippen LogP contribution in [0.25, 0.3) is 0 Å². The Hall–Kier alpha value is -1.83. The molecule has 0 radical (unpaired) electrons. The molecule has 0 bridgehead atoms. The Labute approximate surface area is 98.6 Å². The fourth-order valence-electron chi connectivity index (χ4n) is 1.78. The highest BCUT2D eigenvalue weighted by molar-refractivity contribution is 5.69. The number of amides is 1. The Kier molecular flexibility index (Phi) is 3.43. The number of carbonyl (C=O) groups excluding carboxylic acids is 1. The molecule has 6 N–H and O–H groups in total. The third-order valence-electron chi connectivity index (χ3n) is 2.69. The van der Waals surface area contributed by atoms with Gasteiger partial charge in [0.15, 0.2) is 0 Å². The summed E-state index contributed by atoms with van der Waals surface area (Å²) >= 11 is 0.